The van der Waals surface area contributed by atoms with Gasteiger partial charge in [-0.2, -0.15) is 0 Å². The number of methoxy groups -OCH3 is 1. The van der Waals surface area contributed by atoms with Crippen LogP contribution in [0.1, 0.15) is 16.1 Å². The van der Waals surface area contributed by atoms with Gasteiger partial charge in [0, 0.05) is 37.8 Å². The number of nitrogens with zero attached hydrogens (tertiary/aromatic N) is 1. The molecule has 0 bridgehead atoms. The van der Waals surface area contributed by atoms with Gasteiger partial charge in [-0.15, -0.1) is 12.4 Å². The Morgan fingerprint density at radius 3 is 2.89 bits per heavy atom. The Morgan fingerprint density at radius 2 is 2.22 bits per heavy atom. The van der Waals surface area contributed by atoms with Gasteiger partial charge in [0.05, 0.1) is 7.11 Å². The number of hydrogen-bond acceptors (Lipinski definition) is 5. The molecule has 1 aliphatic rings. The van der Waals surface area contributed by atoms with Crippen molar-refractivity contribution < 1.29 is 14.6 Å². The second kappa shape index (κ2) is 5.88. The molecule has 1 aliphatic heterocycles. The van der Waals surface area contributed by atoms with E-state index in [1.165, 1.54) is 11.7 Å². The first kappa shape index (κ1) is 14.5. The molecule has 100 valence electrons. The van der Waals surface area contributed by atoms with Crippen molar-refractivity contribution in [1.82, 2.24) is 9.88 Å². The lowest BCUT2D eigenvalue weighted by Gasteiger charge is -2.13. The van der Waals surface area contributed by atoms with Crippen molar-refractivity contribution in [3.8, 4) is 5.75 Å². The van der Waals surface area contributed by atoms with Crippen molar-refractivity contribution in [1.29, 1.82) is 0 Å². The fraction of sp³-hybridized carbons (Fsp3) is 0.455. The van der Waals surface area contributed by atoms with Crippen LogP contribution in [0.25, 0.3) is 0 Å². The number of halogens is 1. The molecular weight excluding hydrogens is 260 g/mol. The lowest BCUT2D eigenvalue weighted by atomic mass is 10.1. The van der Waals surface area contributed by atoms with Crippen molar-refractivity contribution in [2.45, 2.75) is 13.0 Å². The largest absolute Gasteiger partial charge is 0.507 e. The average molecular weight is 275 g/mol. The van der Waals surface area contributed by atoms with Crippen LogP contribution < -0.4 is 10.9 Å². The summed E-state index contributed by atoms with van der Waals surface area (Å²) in [7, 11) is 1.25. The smallest absolute Gasteiger partial charge is 0.343 e. The number of nitrogens with one attached hydrogen (secondary N) is 1. The number of fused-ring (bicyclic) bond motifs is 1. The van der Waals surface area contributed by atoms with E-state index < -0.39 is 5.97 Å². The molecule has 1 aromatic heterocycles. The van der Waals surface area contributed by atoms with Gasteiger partial charge in [0.15, 0.2) is 0 Å². The van der Waals surface area contributed by atoms with Gasteiger partial charge in [0.25, 0.3) is 5.56 Å². The number of esters is 1. The number of ether oxygens (including phenoxy) is 1. The van der Waals surface area contributed by atoms with Crippen molar-refractivity contribution in [3.63, 3.8) is 0 Å². The molecule has 0 aliphatic carbocycles. The minimum Gasteiger partial charge on any atom is -0.507 e. The van der Waals surface area contributed by atoms with Crippen LogP contribution in [0.15, 0.2) is 10.9 Å². The van der Waals surface area contributed by atoms with Crippen molar-refractivity contribution >= 4 is 18.4 Å². The Kier molecular flexibility index (Phi) is 4.75. The minimum atomic E-state index is -0.617. The predicted octanol–water partition coefficient (Wildman–Crippen LogP) is -0.0920. The molecular formula is C11H15ClN2O4. The van der Waals surface area contributed by atoms with E-state index in [0.717, 1.165) is 6.07 Å². The van der Waals surface area contributed by atoms with Crippen LogP contribution in [-0.2, 0) is 17.7 Å². The lowest BCUT2D eigenvalue weighted by molar-refractivity contribution is 0.0594. The molecule has 0 radical (unpaired) electrons. The standard InChI is InChI=1S/C11H14N2O4.ClH/c1-17-11(16)10-7-2-3-12-4-5-13(7)9(15)6-8(10)14;/h6,12,14H,2-5H2,1H3;1H. The fourth-order valence-corrected chi connectivity index (χ4v) is 2.04. The zero-order valence-electron chi connectivity index (χ0n) is 9.93. The van der Waals surface area contributed by atoms with Crippen LogP contribution in [0.3, 0.4) is 0 Å². The Balaban J connectivity index is 0.00000162. The Hall–Kier alpha value is -1.53. The summed E-state index contributed by atoms with van der Waals surface area (Å²) >= 11 is 0. The summed E-state index contributed by atoms with van der Waals surface area (Å²) in [6.07, 6.45) is 0.508. The van der Waals surface area contributed by atoms with E-state index in [4.69, 9.17) is 0 Å². The van der Waals surface area contributed by atoms with E-state index in [1.807, 2.05) is 0 Å². The summed E-state index contributed by atoms with van der Waals surface area (Å²) in [6, 6.07) is 1.06. The summed E-state index contributed by atoms with van der Waals surface area (Å²) in [5, 5.41) is 12.8. The maximum absolute atomic E-state index is 11.7. The molecule has 7 heteroatoms. The summed E-state index contributed by atoms with van der Waals surface area (Å²) in [4.78, 5) is 23.3. The highest BCUT2D eigenvalue weighted by Crippen LogP contribution is 2.21. The fourth-order valence-electron chi connectivity index (χ4n) is 2.04. The molecule has 2 heterocycles. The molecule has 0 fully saturated rings. The van der Waals surface area contributed by atoms with Gasteiger partial charge in [-0.25, -0.2) is 4.79 Å². The summed E-state index contributed by atoms with van der Waals surface area (Å²) in [5.41, 5.74) is 0.330. The van der Waals surface area contributed by atoms with Crippen molar-refractivity contribution in [2.24, 2.45) is 0 Å². The number of hydrogen-bond donors (Lipinski definition) is 2. The van der Waals surface area contributed by atoms with Gasteiger partial charge in [-0.1, -0.05) is 0 Å². The average Bonchev–Trinajstić information content (AvgIpc) is 2.54. The van der Waals surface area contributed by atoms with Gasteiger partial charge in [0.2, 0.25) is 0 Å². The van der Waals surface area contributed by atoms with Crippen LogP contribution in [0.2, 0.25) is 0 Å². The van der Waals surface area contributed by atoms with E-state index in [-0.39, 0.29) is 29.3 Å². The van der Waals surface area contributed by atoms with Crippen LogP contribution in [0.4, 0.5) is 0 Å². The zero-order valence-corrected chi connectivity index (χ0v) is 10.7. The van der Waals surface area contributed by atoms with E-state index in [2.05, 4.69) is 10.1 Å². The molecule has 18 heavy (non-hydrogen) atoms. The van der Waals surface area contributed by atoms with E-state index >= 15 is 0 Å². The monoisotopic (exact) mass is 274 g/mol. The maximum atomic E-state index is 11.7. The summed E-state index contributed by atoms with van der Waals surface area (Å²) < 4.78 is 6.14. The number of aromatic nitrogens is 1. The highest BCUT2D eigenvalue weighted by molar-refractivity contribution is 5.93. The van der Waals surface area contributed by atoms with Crippen LogP contribution >= 0.6 is 12.4 Å². The van der Waals surface area contributed by atoms with Gasteiger partial charge in [-0.3, -0.25) is 4.79 Å². The number of aromatic hydroxyl groups is 1. The normalized spacial score (nSPS) is 14.1. The van der Waals surface area contributed by atoms with Gasteiger partial charge < -0.3 is 19.7 Å². The number of pyridine rings is 1. The van der Waals surface area contributed by atoms with E-state index in [9.17, 15) is 14.7 Å². The van der Waals surface area contributed by atoms with E-state index in [0.29, 0.717) is 31.7 Å². The summed E-state index contributed by atoms with van der Waals surface area (Å²) in [6.45, 7) is 1.81. The van der Waals surface area contributed by atoms with Crippen LogP contribution in [0, 0.1) is 0 Å². The lowest BCUT2D eigenvalue weighted by Crippen LogP contribution is -2.26. The third-order valence-corrected chi connectivity index (χ3v) is 2.84. The molecule has 1 aromatic rings. The third kappa shape index (κ3) is 2.49. The van der Waals surface area contributed by atoms with Crippen LogP contribution in [0.5, 0.6) is 5.75 Å². The van der Waals surface area contributed by atoms with E-state index in [1.54, 1.807) is 0 Å². The number of carbonyl (C=O) groups excluding carboxylic acids is 1. The Bertz CT molecular complexity index is 513. The second-order valence-electron chi connectivity index (χ2n) is 3.83. The highest BCUT2D eigenvalue weighted by Gasteiger charge is 2.22. The molecule has 0 spiro atoms. The molecule has 0 unspecified atom stereocenters. The SMILES string of the molecule is COC(=O)c1c(O)cc(=O)n2c1CCNCC2.Cl. The van der Waals surface area contributed by atoms with Gasteiger partial charge in [-0.05, 0) is 0 Å². The quantitative estimate of drug-likeness (QED) is 0.700. The van der Waals surface area contributed by atoms with Crippen LogP contribution in [-0.4, -0.2) is 35.8 Å². The molecule has 2 N–H and O–H groups in total. The molecule has 0 aromatic carbocycles. The first-order valence-corrected chi connectivity index (χ1v) is 5.40. The maximum Gasteiger partial charge on any atom is 0.343 e. The second-order valence-corrected chi connectivity index (χ2v) is 3.83. The molecule has 0 saturated heterocycles. The Labute approximate surface area is 110 Å². The molecule has 2 rings (SSSR count). The summed E-state index contributed by atoms with van der Waals surface area (Å²) in [5.74, 6) is -0.928. The minimum absolute atomic E-state index is 0. The Morgan fingerprint density at radius 1 is 1.50 bits per heavy atom. The number of rotatable bonds is 1. The predicted molar refractivity (Wildman–Crippen MR) is 67.5 cm³/mol. The van der Waals surface area contributed by atoms with Crippen molar-refractivity contribution in [3.05, 3.63) is 27.7 Å². The van der Waals surface area contributed by atoms with Gasteiger partial charge >= 0.3 is 5.97 Å². The first-order chi connectivity index (χ1) is 8.15. The van der Waals surface area contributed by atoms with Gasteiger partial charge in [0.1, 0.15) is 11.3 Å². The zero-order chi connectivity index (χ0) is 12.4. The topological polar surface area (TPSA) is 80.6 Å². The number of carbonyl (C=O) groups is 1. The van der Waals surface area contributed by atoms with Crippen molar-refractivity contribution in [2.75, 3.05) is 20.2 Å². The molecule has 0 amide bonds. The molecule has 0 saturated carbocycles. The third-order valence-electron chi connectivity index (χ3n) is 2.84. The first-order valence-electron chi connectivity index (χ1n) is 5.40. The molecule has 6 nitrogen and oxygen atoms in total. The molecule has 0 atom stereocenters. The highest BCUT2D eigenvalue weighted by atomic mass is 35.5.